The lowest BCUT2D eigenvalue weighted by Crippen LogP contribution is -2.27. The third-order valence-corrected chi connectivity index (χ3v) is 3.08. The Morgan fingerprint density at radius 2 is 1.77 bits per heavy atom. The molecule has 2 rings (SSSR count). The Hall–Kier alpha value is -2.82. The molecule has 0 saturated carbocycles. The summed E-state index contributed by atoms with van der Waals surface area (Å²) in [5.74, 6) is -0.0103. The highest BCUT2D eigenvalue weighted by molar-refractivity contribution is 6.01. The zero-order valence-electron chi connectivity index (χ0n) is 12.4. The number of carbonyl (C=O) groups excluding carboxylic acids is 1. The number of nitrogens with one attached hydrogen (secondary N) is 2. The quantitative estimate of drug-likeness (QED) is 0.567. The van der Waals surface area contributed by atoms with Gasteiger partial charge in [0, 0.05) is 5.69 Å². The third kappa shape index (κ3) is 4.63. The summed E-state index contributed by atoms with van der Waals surface area (Å²) in [6.07, 6.45) is 0.678. The second kappa shape index (κ2) is 7.83. The van der Waals surface area contributed by atoms with Crippen molar-refractivity contribution in [2.24, 2.45) is 5.10 Å². The number of hydrogen-bond acceptors (Lipinski definition) is 4. The third-order valence-electron chi connectivity index (χ3n) is 3.08. The topological polar surface area (TPSA) is 73.7 Å². The van der Waals surface area contributed by atoms with Crippen LogP contribution in [-0.4, -0.2) is 23.3 Å². The molecule has 0 unspecified atom stereocenters. The van der Waals surface area contributed by atoms with Crippen molar-refractivity contribution in [1.29, 1.82) is 0 Å². The van der Waals surface area contributed by atoms with E-state index in [1.165, 1.54) is 0 Å². The van der Waals surface area contributed by atoms with Crippen LogP contribution in [0.3, 0.4) is 0 Å². The lowest BCUT2D eigenvalue weighted by Gasteiger charge is -2.07. The van der Waals surface area contributed by atoms with E-state index in [0.717, 1.165) is 17.0 Å². The van der Waals surface area contributed by atoms with E-state index in [4.69, 9.17) is 0 Å². The second-order valence-electron chi connectivity index (χ2n) is 4.71. The molecule has 0 saturated heterocycles. The molecule has 2 aromatic carbocycles. The average Bonchev–Trinajstić information content (AvgIpc) is 2.56. The molecule has 2 aromatic rings. The number of amides is 1. The SMILES string of the molecule is CC/C(=N\NC(=O)CNc1ccccc1)c1ccc(O)cc1. The van der Waals surface area contributed by atoms with Crippen molar-refractivity contribution < 1.29 is 9.90 Å². The fourth-order valence-electron chi connectivity index (χ4n) is 1.91. The minimum absolute atomic E-state index is 0.153. The number of para-hydroxylation sites is 1. The predicted molar refractivity (Wildman–Crippen MR) is 88.0 cm³/mol. The largest absolute Gasteiger partial charge is 0.508 e. The summed E-state index contributed by atoms with van der Waals surface area (Å²) in [6, 6.07) is 16.2. The van der Waals surface area contributed by atoms with Crippen molar-refractivity contribution in [3.63, 3.8) is 0 Å². The van der Waals surface area contributed by atoms with E-state index in [9.17, 15) is 9.90 Å². The van der Waals surface area contributed by atoms with Gasteiger partial charge in [0.25, 0.3) is 5.91 Å². The van der Waals surface area contributed by atoms with Crippen molar-refractivity contribution in [2.45, 2.75) is 13.3 Å². The van der Waals surface area contributed by atoms with Crippen LogP contribution in [0.15, 0.2) is 59.7 Å². The first-order chi connectivity index (χ1) is 10.7. The number of benzene rings is 2. The lowest BCUT2D eigenvalue weighted by molar-refractivity contribution is -0.119. The molecule has 0 bridgehead atoms. The number of aromatic hydroxyl groups is 1. The van der Waals surface area contributed by atoms with Gasteiger partial charge in [-0.05, 0) is 48.4 Å². The molecule has 22 heavy (non-hydrogen) atoms. The van der Waals surface area contributed by atoms with Crippen LogP contribution in [0.2, 0.25) is 0 Å². The van der Waals surface area contributed by atoms with Crippen LogP contribution in [0, 0.1) is 0 Å². The van der Waals surface area contributed by atoms with Crippen LogP contribution in [-0.2, 0) is 4.79 Å². The maximum Gasteiger partial charge on any atom is 0.259 e. The van der Waals surface area contributed by atoms with Crippen LogP contribution in [0.1, 0.15) is 18.9 Å². The Morgan fingerprint density at radius 1 is 1.09 bits per heavy atom. The van der Waals surface area contributed by atoms with Gasteiger partial charge < -0.3 is 10.4 Å². The Bertz CT molecular complexity index is 637. The molecule has 0 fully saturated rings. The van der Waals surface area contributed by atoms with Crippen molar-refractivity contribution in [3.8, 4) is 5.75 Å². The molecule has 0 aliphatic carbocycles. The van der Waals surface area contributed by atoms with E-state index in [-0.39, 0.29) is 18.2 Å². The normalized spacial score (nSPS) is 11.0. The smallest absolute Gasteiger partial charge is 0.259 e. The molecule has 5 nitrogen and oxygen atoms in total. The van der Waals surface area contributed by atoms with Crippen molar-refractivity contribution in [2.75, 3.05) is 11.9 Å². The van der Waals surface area contributed by atoms with Gasteiger partial charge in [0.05, 0.1) is 12.3 Å². The summed E-state index contributed by atoms with van der Waals surface area (Å²) < 4.78 is 0. The second-order valence-corrected chi connectivity index (χ2v) is 4.71. The molecular weight excluding hydrogens is 278 g/mol. The van der Waals surface area contributed by atoms with E-state index >= 15 is 0 Å². The van der Waals surface area contributed by atoms with Gasteiger partial charge in [0.15, 0.2) is 0 Å². The van der Waals surface area contributed by atoms with E-state index in [0.29, 0.717) is 6.42 Å². The minimum atomic E-state index is -0.214. The minimum Gasteiger partial charge on any atom is -0.508 e. The Morgan fingerprint density at radius 3 is 2.41 bits per heavy atom. The monoisotopic (exact) mass is 297 g/mol. The highest BCUT2D eigenvalue weighted by Gasteiger charge is 2.04. The van der Waals surface area contributed by atoms with Crippen LogP contribution in [0.5, 0.6) is 5.75 Å². The molecule has 0 radical (unpaired) electrons. The number of phenols is 1. The number of rotatable bonds is 6. The number of carbonyl (C=O) groups is 1. The van der Waals surface area contributed by atoms with E-state index in [1.807, 2.05) is 37.3 Å². The van der Waals surface area contributed by atoms with Gasteiger partial charge in [-0.2, -0.15) is 5.10 Å². The molecule has 5 heteroatoms. The van der Waals surface area contributed by atoms with Gasteiger partial charge >= 0.3 is 0 Å². The van der Waals surface area contributed by atoms with Crippen LogP contribution in [0.4, 0.5) is 5.69 Å². The standard InChI is InChI=1S/C17H19N3O2/c1-2-16(13-8-10-15(21)11-9-13)19-20-17(22)12-18-14-6-4-3-5-7-14/h3-11,18,21H,2,12H2,1H3,(H,20,22)/b19-16+. The molecule has 0 aromatic heterocycles. The lowest BCUT2D eigenvalue weighted by atomic mass is 10.1. The van der Waals surface area contributed by atoms with Crippen LogP contribution in [0.25, 0.3) is 0 Å². The van der Waals surface area contributed by atoms with E-state index in [2.05, 4.69) is 15.8 Å². The Balaban J connectivity index is 1.91. The van der Waals surface area contributed by atoms with Gasteiger partial charge in [0.1, 0.15) is 5.75 Å². The van der Waals surface area contributed by atoms with E-state index < -0.39 is 0 Å². The zero-order valence-corrected chi connectivity index (χ0v) is 12.4. The Kier molecular flexibility index (Phi) is 5.54. The highest BCUT2D eigenvalue weighted by Crippen LogP contribution is 2.11. The van der Waals surface area contributed by atoms with Gasteiger partial charge in [0.2, 0.25) is 0 Å². The first kappa shape index (κ1) is 15.6. The molecule has 114 valence electrons. The van der Waals surface area contributed by atoms with Gasteiger partial charge in [-0.1, -0.05) is 25.1 Å². The summed E-state index contributed by atoms with van der Waals surface area (Å²) in [7, 11) is 0. The van der Waals surface area contributed by atoms with Gasteiger partial charge in [-0.15, -0.1) is 0 Å². The molecule has 0 atom stereocenters. The van der Waals surface area contributed by atoms with Gasteiger partial charge in [-0.3, -0.25) is 4.79 Å². The number of phenolic OH excluding ortho intramolecular Hbond substituents is 1. The zero-order chi connectivity index (χ0) is 15.8. The van der Waals surface area contributed by atoms with Crippen molar-refractivity contribution in [3.05, 3.63) is 60.2 Å². The summed E-state index contributed by atoms with van der Waals surface area (Å²) >= 11 is 0. The first-order valence-corrected chi connectivity index (χ1v) is 7.12. The van der Waals surface area contributed by atoms with Crippen LogP contribution < -0.4 is 10.7 Å². The van der Waals surface area contributed by atoms with E-state index in [1.54, 1.807) is 24.3 Å². The van der Waals surface area contributed by atoms with Gasteiger partial charge in [-0.25, -0.2) is 5.43 Å². The number of hydrazone groups is 1. The summed E-state index contributed by atoms with van der Waals surface area (Å²) in [5, 5.41) is 16.5. The number of hydrogen-bond donors (Lipinski definition) is 3. The maximum atomic E-state index is 11.8. The molecule has 0 aliphatic rings. The first-order valence-electron chi connectivity index (χ1n) is 7.12. The number of anilines is 1. The number of nitrogens with zero attached hydrogens (tertiary/aromatic N) is 1. The molecule has 3 N–H and O–H groups in total. The maximum absolute atomic E-state index is 11.8. The molecule has 0 spiro atoms. The Labute approximate surface area is 129 Å². The molecule has 0 heterocycles. The average molecular weight is 297 g/mol. The summed E-state index contributed by atoms with van der Waals surface area (Å²) in [5.41, 5.74) is 5.06. The predicted octanol–water partition coefficient (Wildman–Crippen LogP) is 2.73. The molecule has 0 aliphatic heterocycles. The molecule has 1 amide bonds. The molecular formula is C17H19N3O2. The highest BCUT2D eigenvalue weighted by atomic mass is 16.3. The van der Waals surface area contributed by atoms with Crippen LogP contribution >= 0.6 is 0 Å². The fraction of sp³-hybridized carbons (Fsp3) is 0.176. The summed E-state index contributed by atoms with van der Waals surface area (Å²) in [4.78, 5) is 11.8. The fourth-order valence-corrected chi connectivity index (χ4v) is 1.91. The summed E-state index contributed by atoms with van der Waals surface area (Å²) in [6.45, 7) is 2.11. The van der Waals surface area contributed by atoms with Crippen molar-refractivity contribution >= 4 is 17.3 Å². The van der Waals surface area contributed by atoms with Crippen molar-refractivity contribution in [1.82, 2.24) is 5.43 Å².